The first-order valence-corrected chi connectivity index (χ1v) is 8.48. The van der Waals surface area contributed by atoms with Crippen LogP contribution in [0.2, 0.25) is 10.0 Å². The molecule has 0 saturated heterocycles. The fourth-order valence-corrected chi connectivity index (χ4v) is 2.67. The van der Waals surface area contributed by atoms with Crippen LogP contribution in [-0.4, -0.2) is 30.0 Å². The SMILES string of the molecule is COc1ccc([N+](=O)[O-])cc1NC(=O)C(C)OC(=O)c1cc(Cl)cc(Cl)c1N. The van der Waals surface area contributed by atoms with Crippen molar-refractivity contribution in [3.05, 3.63) is 56.1 Å². The van der Waals surface area contributed by atoms with Gasteiger partial charge in [0.05, 0.1) is 34.0 Å². The van der Waals surface area contributed by atoms with Crippen molar-refractivity contribution in [2.75, 3.05) is 18.2 Å². The van der Waals surface area contributed by atoms with Crippen LogP contribution in [0.3, 0.4) is 0 Å². The summed E-state index contributed by atoms with van der Waals surface area (Å²) in [5, 5.41) is 13.6. The van der Waals surface area contributed by atoms with Crippen molar-refractivity contribution in [2.24, 2.45) is 0 Å². The van der Waals surface area contributed by atoms with Crippen LogP contribution in [0.1, 0.15) is 17.3 Å². The van der Waals surface area contributed by atoms with E-state index in [1.54, 1.807) is 0 Å². The largest absolute Gasteiger partial charge is 0.495 e. The quantitative estimate of drug-likeness (QED) is 0.310. The Bertz CT molecular complexity index is 951. The number of nitrogens with one attached hydrogen (secondary N) is 1. The van der Waals surface area contributed by atoms with Crippen LogP contribution in [0.5, 0.6) is 5.75 Å². The number of ether oxygens (including phenoxy) is 2. The number of carbonyl (C=O) groups excluding carboxylic acids is 2. The number of benzene rings is 2. The van der Waals surface area contributed by atoms with Crippen LogP contribution >= 0.6 is 23.2 Å². The van der Waals surface area contributed by atoms with Crippen LogP contribution in [0.15, 0.2) is 30.3 Å². The number of nitro groups is 1. The molecule has 2 aromatic rings. The van der Waals surface area contributed by atoms with Gasteiger partial charge in [0.1, 0.15) is 5.75 Å². The summed E-state index contributed by atoms with van der Waals surface area (Å²) in [5.74, 6) is -1.45. The van der Waals surface area contributed by atoms with E-state index in [0.717, 1.165) is 6.07 Å². The molecule has 0 bridgehead atoms. The van der Waals surface area contributed by atoms with Crippen LogP contribution in [0.25, 0.3) is 0 Å². The van der Waals surface area contributed by atoms with E-state index in [2.05, 4.69) is 5.32 Å². The summed E-state index contributed by atoms with van der Waals surface area (Å²) < 4.78 is 10.2. The molecule has 0 radical (unpaired) electrons. The molecule has 1 unspecified atom stereocenters. The topological polar surface area (TPSA) is 134 Å². The van der Waals surface area contributed by atoms with E-state index in [0.29, 0.717) is 0 Å². The molecular formula is C17H15Cl2N3O6. The average Bonchev–Trinajstić information content (AvgIpc) is 2.64. The Labute approximate surface area is 169 Å². The fourth-order valence-electron chi connectivity index (χ4n) is 2.17. The predicted octanol–water partition coefficient (Wildman–Crippen LogP) is 3.68. The van der Waals surface area contributed by atoms with Gasteiger partial charge in [-0.05, 0) is 25.1 Å². The van der Waals surface area contributed by atoms with Gasteiger partial charge in [0.25, 0.3) is 11.6 Å². The van der Waals surface area contributed by atoms with Crippen LogP contribution in [0.4, 0.5) is 17.1 Å². The molecule has 0 fully saturated rings. The van der Waals surface area contributed by atoms with Crippen molar-refractivity contribution in [2.45, 2.75) is 13.0 Å². The number of non-ortho nitro benzene ring substituents is 1. The maximum absolute atomic E-state index is 12.4. The molecule has 148 valence electrons. The zero-order valence-electron chi connectivity index (χ0n) is 14.7. The van der Waals surface area contributed by atoms with Gasteiger partial charge < -0.3 is 20.5 Å². The molecule has 0 aliphatic rings. The predicted molar refractivity (Wildman–Crippen MR) is 104 cm³/mol. The van der Waals surface area contributed by atoms with Crippen molar-refractivity contribution in [1.29, 1.82) is 0 Å². The number of anilines is 2. The normalized spacial score (nSPS) is 11.4. The first-order chi connectivity index (χ1) is 13.1. The summed E-state index contributed by atoms with van der Waals surface area (Å²) in [4.78, 5) is 34.9. The summed E-state index contributed by atoms with van der Waals surface area (Å²) in [6, 6.07) is 6.31. The molecule has 0 spiro atoms. The molecule has 9 nitrogen and oxygen atoms in total. The van der Waals surface area contributed by atoms with Crippen LogP contribution in [-0.2, 0) is 9.53 Å². The molecule has 2 rings (SSSR count). The van der Waals surface area contributed by atoms with Gasteiger partial charge in [-0.25, -0.2) is 4.79 Å². The van der Waals surface area contributed by atoms with Gasteiger partial charge in [-0.3, -0.25) is 14.9 Å². The lowest BCUT2D eigenvalue weighted by Gasteiger charge is -2.16. The van der Waals surface area contributed by atoms with E-state index in [1.807, 2.05) is 0 Å². The average molecular weight is 428 g/mol. The van der Waals surface area contributed by atoms with E-state index >= 15 is 0 Å². The molecular weight excluding hydrogens is 413 g/mol. The van der Waals surface area contributed by atoms with Crippen LogP contribution in [0, 0.1) is 10.1 Å². The number of rotatable bonds is 6. The van der Waals surface area contributed by atoms with E-state index in [1.165, 1.54) is 38.3 Å². The lowest BCUT2D eigenvalue weighted by molar-refractivity contribution is -0.384. The molecule has 1 atom stereocenters. The minimum Gasteiger partial charge on any atom is -0.495 e. The van der Waals surface area contributed by atoms with Crippen molar-refractivity contribution in [1.82, 2.24) is 0 Å². The number of nitro benzene ring substituents is 1. The second-order valence-corrected chi connectivity index (χ2v) is 6.37. The standard InChI is InChI=1S/C17H15Cl2N3O6/c1-8(28-17(24)11-5-9(18)6-12(19)15(11)20)16(23)21-13-7-10(22(25)26)3-4-14(13)27-2/h3-8H,20H2,1-2H3,(H,21,23). The monoisotopic (exact) mass is 427 g/mol. The van der Waals surface area contributed by atoms with Crippen LogP contribution < -0.4 is 15.8 Å². The van der Waals surface area contributed by atoms with Gasteiger partial charge in [-0.2, -0.15) is 0 Å². The summed E-state index contributed by atoms with van der Waals surface area (Å²) in [6.45, 7) is 1.32. The fraction of sp³-hybridized carbons (Fsp3) is 0.176. The van der Waals surface area contributed by atoms with Gasteiger partial charge in [0, 0.05) is 17.2 Å². The Morgan fingerprint density at radius 1 is 1.25 bits per heavy atom. The molecule has 3 N–H and O–H groups in total. The van der Waals surface area contributed by atoms with Crippen molar-refractivity contribution < 1.29 is 24.0 Å². The van der Waals surface area contributed by atoms with Crippen molar-refractivity contribution in [3.8, 4) is 5.75 Å². The number of hydrogen-bond acceptors (Lipinski definition) is 7. The highest BCUT2D eigenvalue weighted by Gasteiger charge is 2.23. The minimum atomic E-state index is -1.26. The Balaban J connectivity index is 2.17. The summed E-state index contributed by atoms with van der Waals surface area (Å²) in [7, 11) is 1.34. The van der Waals surface area contributed by atoms with E-state index < -0.39 is 22.9 Å². The number of carbonyl (C=O) groups is 2. The highest BCUT2D eigenvalue weighted by molar-refractivity contribution is 6.37. The highest BCUT2D eigenvalue weighted by atomic mass is 35.5. The number of nitrogens with zero attached hydrogens (tertiary/aromatic N) is 1. The molecule has 0 heterocycles. The molecule has 0 aliphatic carbocycles. The maximum atomic E-state index is 12.4. The zero-order valence-corrected chi connectivity index (χ0v) is 16.2. The molecule has 2 aromatic carbocycles. The Morgan fingerprint density at radius 3 is 2.54 bits per heavy atom. The second kappa shape index (κ2) is 8.77. The first-order valence-electron chi connectivity index (χ1n) is 7.72. The first kappa shape index (κ1) is 21.3. The van der Waals surface area contributed by atoms with Crippen molar-refractivity contribution in [3.63, 3.8) is 0 Å². The Kier molecular flexibility index (Phi) is 6.66. The zero-order chi connectivity index (χ0) is 21.0. The van der Waals surface area contributed by atoms with Gasteiger partial charge in [0.2, 0.25) is 0 Å². The molecule has 11 heteroatoms. The third-order valence-electron chi connectivity index (χ3n) is 3.62. The number of nitrogens with two attached hydrogens (primary N) is 1. The van der Waals surface area contributed by atoms with E-state index in [-0.39, 0.29) is 38.4 Å². The van der Waals surface area contributed by atoms with E-state index in [9.17, 15) is 19.7 Å². The Hall–Kier alpha value is -3.04. The Morgan fingerprint density at radius 2 is 1.93 bits per heavy atom. The second-order valence-electron chi connectivity index (χ2n) is 5.53. The van der Waals surface area contributed by atoms with Gasteiger partial charge in [-0.1, -0.05) is 23.2 Å². The van der Waals surface area contributed by atoms with Crippen molar-refractivity contribution >= 4 is 52.1 Å². The number of methoxy groups -OCH3 is 1. The molecule has 28 heavy (non-hydrogen) atoms. The van der Waals surface area contributed by atoms with Gasteiger partial charge >= 0.3 is 5.97 Å². The lowest BCUT2D eigenvalue weighted by Crippen LogP contribution is -2.30. The molecule has 1 amide bonds. The number of halogens is 2. The summed E-state index contributed by atoms with van der Waals surface area (Å²) >= 11 is 11.7. The summed E-state index contributed by atoms with van der Waals surface area (Å²) in [5.41, 5.74) is 5.41. The van der Waals surface area contributed by atoms with Gasteiger partial charge in [-0.15, -0.1) is 0 Å². The van der Waals surface area contributed by atoms with E-state index in [4.69, 9.17) is 38.4 Å². The van der Waals surface area contributed by atoms with Gasteiger partial charge in [0.15, 0.2) is 6.10 Å². The minimum absolute atomic E-state index is 0.0379. The summed E-state index contributed by atoms with van der Waals surface area (Å²) in [6.07, 6.45) is -1.26. The third-order valence-corrected chi connectivity index (χ3v) is 4.15. The number of esters is 1. The highest BCUT2D eigenvalue weighted by Crippen LogP contribution is 2.30. The molecule has 0 saturated carbocycles. The molecule has 0 aliphatic heterocycles. The smallest absolute Gasteiger partial charge is 0.341 e. The lowest BCUT2D eigenvalue weighted by atomic mass is 10.2. The molecule has 0 aromatic heterocycles. The third kappa shape index (κ3) is 4.81. The maximum Gasteiger partial charge on any atom is 0.341 e. The number of amides is 1. The number of nitrogen functional groups attached to an aromatic ring is 1. The number of hydrogen-bond donors (Lipinski definition) is 2.